The molecular formula is C38H51NO4. The molecule has 0 unspecified atom stereocenters. The average molecular weight is 586 g/mol. The van der Waals surface area contributed by atoms with Gasteiger partial charge < -0.3 is 14.6 Å². The molecule has 4 saturated carbocycles. The lowest BCUT2D eigenvalue weighted by molar-refractivity contribution is -0.198. The zero-order valence-corrected chi connectivity index (χ0v) is 27.3. The highest BCUT2D eigenvalue weighted by atomic mass is 16.6. The van der Waals surface area contributed by atoms with E-state index >= 15 is 0 Å². The Morgan fingerprint density at radius 1 is 1.02 bits per heavy atom. The summed E-state index contributed by atoms with van der Waals surface area (Å²) < 4.78 is 12.5. The van der Waals surface area contributed by atoms with Gasteiger partial charge in [-0.05, 0) is 96.8 Å². The van der Waals surface area contributed by atoms with E-state index in [1.54, 1.807) is 6.07 Å². The number of carbonyl (C=O) groups excluding carboxylic acids is 1. The summed E-state index contributed by atoms with van der Waals surface area (Å²) in [4.78, 5) is 14.3. The van der Waals surface area contributed by atoms with Gasteiger partial charge in [-0.1, -0.05) is 78.3 Å². The summed E-state index contributed by atoms with van der Waals surface area (Å²) in [5.41, 5.74) is 2.50. The van der Waals surface area contributed by atoms with E-state index in [9.17, 15) is 15.2 Å². The molecule has 5 aliphatic carbocycles. The predicted molar refractivity (Wildman–Crippen MR) is 165 cm³/mol. The van der Waals surface area contributed by atoms with Crippen LogP contribution in [0.5, 0.6) is 0 Å². The van der Waals surface area contributed by atoms with Crippen LogP contribution in [0.25, 0.3) is 0 Å². The van der Waals surface area contributed by atoms with E-state index in [2.05, 4.69) is 60.6 Å². The highest BCUT2D eigenvalue weighted by molar-refractivity contribution is 5.79. The summed E-state index contributed by atoms with van der Waals surface area (Å²) in [7, 11) is 0. The van der Waals surface area contributed by atoms with Crippen molar-refractivity contribution in [1.82, 2.24) is 0 Å². The third-order valence-corrected chi connectivity index (χ3v) is 14.8. The Bertz CT molecular complexity index is 1420. The van der Waals surface area contributed by atoms with Gasteiger partial charge in [-0.25, -0.2) is 0 Å². The van der Waals surface area contributed by atoms with Gasteiger partial charge in [0.25, 0.3) is 0 Å². The topological polar surface area (TPSA) is 82.9 Å². The quantitative estimate of drug-likeness (QED) is 0.223. The number of benzene rings is 1. The lowest BCUT2D eigenvalue weighted by Crippen LogP contribution is -2.67. The van der Waals surface area contributed by atoms with Crippen molar-refractivity contribution in [3.63, 3.8) is 0 Å². The van der Waals surface area contributed by atoms with Crippen LogP contribution in [0, 0.1) is 61.6 Å². The molecule has 7 rings (SSSR count). The number of fused-ring (bicyclic) bond motifs is 9. The van der Waals surface area contributed by atoms with Gasteiger partial charge in [-0.15, -0.1) is 0 Å². The number of epoxide rings is 1. The molecule has 0 radical (unpaired) electrons. The maximum absolute atomic E-state index is 14.3. The molecule has 10 atom stereocenters. The first-order chi connectivity index (χ1) is 20.2. The maximum Gasteiger partial charge on any atom is 0.313 e. The van der Waals surface area contributed by atoms with Crippen molar-refractivity contribution < 1.29 is 19.4 Å². The number of nitriles is 1. The number of hydrogen-bond acceptors (Lipinski definition) is 5. The molecule has 232 valence electrons. The summed E-state index contributed by atoms with van der Waals surface area (Å²) in [5, 5.41) is 20.8. The minimum absolute atomic E-state index is 0.00373. The van der Waals surface area contributed by atoms with Crippen LogP contribution in [-0.4, -0.2) is 29.4 Å². The molecule has 5 nitrogen and oxygen atoms in total. The Kier molecular flexibility index (Phi) is 6.32. The number of rotatable bonds is 3. The van der Waals surface area contributed by atoms with Gasteiger partial charge in [0.2, 0.25) is 0 Å². The molecule has 43 heavy (non-hydrogen) atoms. The van der Waals surface area contributed by atoms with Gasteiger partial charge >= 0.3 is 5.97 Å². The van der Waals surface area contributed by atoms with Crippen LogP contribution >= 0.6 is 0 Å². The van der Waals surface area contributed by atoms with E-state index < -0.39 is 11.5 Å². The van der Waals surface area contributed by atoms with Crippen molar-refractivity contribution in [1.29, 1.82) is 5.26 Å². The van der Waals surface area contributed by atoms with Crippen LogP contribution in [0.15, 0.2) is 35.9 Å². The smallest absolute Gasteiger partial charge is 0.313 e. The number of allylic oxidation sites excluding steroid dienone is 2. The zero-order valence-electron chi connectivity index (χ0n) is 27.3. The van der Waals surface area contributed by atoms with E-state index in [1.165, 1.54) is 5.57 Å². The fraction of sp³-hybridized carbons (Fsp3) is 0.737. The second-order valence-corrected chi connectivity index (χ2v) is 17.4. The Morgan fingerprint density at radius 2 is 1.74 bits per heavy atom. The first-order valence-corrected chi connectivity index (χ1v) is 16.9. The fourth-order valence-electron chi connectivity index (χ4n) is 12.0. The van der Waals surface area contributed by atoms with Crippen LogP contribution in [0.1, 0.15) is 111 Å². The van der Waals surface area contributed by atoms with Crippen molar-refractivity contribution in [2.75, 3.05) is 0 Å². The van der Waals surface area contributed by atoms with Crippen molar-refractivity contribution >= 4 is 5.97 Å². The summed E-state index contributed by atoms with van der Waals surface area (Å²) >= 11 is 0. The average Bonchev–Trinajstić information content (AvgIpc) is 3.77. The molecule has 5 fully saturated rings. The number of carbonyl (C=O) groups is 1. The maximum atomic E-state index is 14.3. The molecule has 0 bridgehead atoms. The number of hydrogen-bond donors (Lipinski definition) is 1. The number of esters is 1. The van der Waals surface area contributed by atoms with E-state index in [-0.39, 0.29) is 57.8 Å². The fourth-order valence-corrected chi connectivity index (χ4v) is 12.0. The van der Waals surface area contributed by atoms with Crippen LogP contribution in [0.3, 0.4) is 0 Å². The predicted octanol–water partition coefficient (Wildman–Crippen LogP) is 7.75. The van der Waals surface area contributed by atoms with Gasteiger partial charge in [0.15, 0.2) is 0 Å². The van der Waals surface area contributed by atoms with Crippen LogP contribution in [0.4, 0.5) is 0 Å². The zero-order chi connectivity index (χ0) is 30.8. The van der Waals surface area contributed by atoms with Crippen molar-refractivity contribution in [2.24, 2.45) is 50.2 Å². The molecule has 0 amide bonds. The number of nitrogens with zero attached hydrogens (tertiary/aromatic N) is 1. The van der Waals surface area contributed by atoms with E-state index in [0.29, 0.717) is 17.4 Å². The molecular weight excluding hydrogens is 534 g/mol. The summed E-state index contributed by atoms with van der Waals surface area (Å²) in [6.07, 6.45) is 10.3. The third kappa shape index (κ3) is 3.78. The second-order valence-electron chi connectivity index (χ2n) is 17.4. The Morgan fingerprint density at radius 3 is 2.49 bits per heavy atom. The van der Waals surface area contributed by atoms with Crippen LogP contribution in [0.2, 0.25) is 0 Å². The molecule has 1 N–H and O–H groups in total. The number of aliphatic hydroxyl groups excluding tert-OH is 1. The monoisotopic (exact) mass is 585 g/mol. The van der Waals surface area contributed by atoms with Crippen molar-refractivity contribution in [2.45, 2.75) is 125 Å². The largest absolute Gasteiger partial charge is 0.460 e. The molecule has 0 aromatic heterocycles. The molecule has 1 aromatic carbocycles. The minimum Gasteiger partial charge on any atom is -0.460 e. The summed E-state index contributed by atoms with van der Waals surface area (Å²) in [5.74, 6) is 1.01. The van der Waals surface area contributed by atoms with Gasteiger partial charge in [-0.2, -0.15) is 5.26 Å². The summed E-state index contributed by atoms with van der Waals surface area (Å²) in [6.45, 7) is 17.0. The normalized spacial score (nSPS) is 46.8. The van der Waals surface area contributed by atoms with Crippen LogP contribution < -0.4 is 0 Å². The van der Waals surface area contributed by atoms with Crippen molar-refractivity contribution in [3.05, 3.63) is 47.0 Å². The van der Waals surface area contributed by atoms with Gasteiger partial charge in [0.05, 0.1) is 29.3 Å². The first kappa shape index (κ1) is 29.5. The lowest BCUT2D eigenvalue weighted by Gasteiger charge is -2.70. The minimum atomic E-state index is -0.506. The van der Waals surface area contributed by atoms with E-state index in [1.807, 2.05) is 18.2 Å². The molecule has 1 heterocycles. The van der Waals surface area contributed by atoms with E-state index in [0.717, 1.165) is 56.9 Å². The number of ether oxygens (including phenoxy) is 2. The third-order valence-electron chi connectivity index (χ3n) is 14.8. The van der Waals surface area contributed by atoms with Gasteiger partial charge in [-0.3, -0.25) is 4.79 Å². The standard InChI is InChI=1S/C38H51NO4/c1-33(2)16-18-38(32(41)42-22-24-11-9-8-10-23(24)21-39)19-17-35(5)25(26(38)20-33)12-13-28-36(35,6)15-14-27-34(3,4)30(40)29-31(43-29)37(27,28)7/h8-12,26-31,40H,13-20,22H2,1-7H3/t26-,27-,28-,29-,30-,31-,35+,36+,37-,38-/m0/s1. The van der Waals surface area contributed by atoms with Crippen LogP contribution in [-0.2, 0) is 20.9 Å². The number of aliphatic hydroxyl groups is 1. The van der Waals surface area contributed by atoms with Gasteiger partial charge in [0.1, 0.15) is 12.7 Å². The second kappa shape index (κ2) is 9.20. The summed E-state index contributed by atoms with van der Waals surface area (Å²) in [6, 6.07) is 9.70. The highest BCUT2D eigenvalue weighted by Crippen LogP contribution is 2.77. The molecule has 5 heteroatoms. The Hall–Kier alpha value is -2.16. The molecule has 1 aliphatic heterocycles. The Balaban J connectivity index is 1.25. The molecule has 1 saturated heterocycles. The van der Waals surface area contributed by atoms with Crippen molar-refractivity contribution in [3.8, 4) is 6.07 Å². The molecule has 0 spiro atoms. The van der Waals surface area contributed by atoms with E-state index in [4.69, 9.17) is 9.47 Å². The molecule has 1 aromatic rings. The highest BCUT2D eigenvalue weighted by Gasteiger charge is 2.76. The lowest BCUT2D eigenvalue weighted by atomic mass is 9.33. The first-order valence-electron chi connectivity index (χ1n) is 16.9. The van der Waals surface area contributed by atoms with Gasteiger partial charge in [0, 0.05) is 11.0 Å². The molecule has 6 aliphatic rings. The Labute approximate surface area is 258 Å². The SMILES string of the molecule is CC1(C)CC[C@]2(C(=O)OCc3ccccc3C#N)CC[C@]3(C)C(=CC[C@@H]4[C@@]5(C)[C@H]6O[C@H]6[C@H](O)C(C)(C)[C@@H]5CC[C@]43C)[C@@H]2C1.